The maximum absolute atomic E-state index is 11.3. The standard InChI is InChI=1S/C11H22N2O3/c1-4-10(12-11(16)5-2)13(3,6-8-14)7-9-15/h5,10,14-15H,2,4,6-9H2,1,3H3/p+1. The minimum absolute atomic E-state index is 0.0248. The van der Waals surface area contributed by atoms with Crippen molar-refractivity contribution in [1.29, 1.82) is 0 Å². The average molecular weight is 231 g/mol. The van der Waals surface area contributed by atoms with Gasteiger partial charge in [-0.05, 0) is 6.08 Å². The van der Waals surface area contributed by atoms with Crippen LogP contribution < -0.4 is 5.32 Å². The summed E-state index contributed by atoms with van der Waals surface area (Å²) in [5.41, 5.74) is 0. The second-order valence-corrected chi connectivity index (χ2v) is 4.01. The molecule has 0 radical (unpaired) electrons. The molecule has 0 aliphatic rings. The van der Waals surface area contributed by atoms with E-state index in [9.17, 15) is 4.79 Å². The van der Waals surface area contributed by atoms with Crippen LogP contribution in [0, 0.1) is 0 Å². The lowest BCUT2D eigenvalue weighted by Crippen LogP contribution is -2.61. The minimum atomic E-state index is -0.230. The largest absolute Gasteiger partial charge is 0.391 e. The van der Waals surface area contributed by atoms with Crippen molar-refractivity contribution in [3.05, 3.63) is 12.7 Å². The van der Waals surface area contributed by atoms with E-state index in [1.807, 2.05) is 14.0 Å². The maximum Gasteiger partial charge on any atom is 0.247 e. The lowest BCUT2D eigenvalue weighted by molar-refractivity contribution is -0.936. The molecule has 0 fully saturated rings. The Labute approximate surface area is 97.0 Å². The van der Waals surface area contributed by atoms with E-state index in [-0.39, 0.29) is 25.3 Å². The smallest absolute Gasteiger partial charge is 0.247 e. The van der Waals surface area contributed by atoms with Gasteiger partial charge in [0.15, 0.2) is 6.17 Å². The predicted octanol–water partition coefficient (Wildman–Crippen LogP) is -0.544. The van der Waals surface area contributed by atoms with Gasteiger partial charge in [-0.15, -0.1) is 0 Å². The lowest BCUT2D eigenvalue weighted by Gasteiger charge is -2.40. The van der Waals surface area contributed by atoms with Gasteiger partial charge in [0.1, 0.15) is 13.1 Å². The number of nitrogens with zero attached hydrogens (tertiary/aromatic N) is 1. The molecule has 0 saturated heterocycles. The summed E-state index contributed by atoms with van der Waals surface area (Å²) in [5.74, 6) is -0.230. The number of quaternary nitrogens is 1. The highest BCUT2D eigenvalue weighted by Gasteiger charge is 2.31. The number of nitrogens with one attached hydrogen (secondary N) is 1. The summed E-state index contributed by atoms with van der Waals surface area (Å²) in [6.07, 6.45) is 1.84. The molecule has 0 heterocycles. The second kappa shape index (κ2) is 7.38. The van der Waals surface area contributed by atoms with Gasteiger partial charge in [0.05, 0.1) is 20.3 Å². The van der Waals surface area contributed by atoms with Crippen LogP contribution in [0.15, 0.2) is 12.7 Å². The molecule has 1 atom stereocenters. The van der Waals surface area contributed by atoms with Crippen molar-refractivity contribution in [2.24, 2.45) is 0 Å². The average Bonchev–Trinajstić information content (AvgIpc) is 2.25. The SMILES string of the molecule is C=CC(=O)NC(CC)[N+](C)(CCO)CCO. The van der Waals surface area contributed by atoms with Crippen molar-refractivity contribution in [2.75, 3.05) is 33.4 Å². The molecule has 1 unspecified atom stereocenters. The highest BCUT2D eigenvalue weighted by atomic mass is 16.3. The molecule has 0 aliphatic carbocycles. The third kappa shape index (κ3) is 4.30. The highest BCUT2D eigenvalue weighted by Crippen LogP contribution is 2.10. The number of hydrogen-bond acceptors (Lipinski definition) is 3. The fourth-order valence-electron chi connectivity index (χ4n) is 1.80. The summed E-state index contributed by atoms with van der Waals surface area (Å²) < 4.78 is 0.420. The first-order valence-corrected chi connectivity index (χ1v) is 5.53. The Morgan fingerprint density at radius 3 is 2.25 bits per heavy atom. The van der Waals surface area contributed by atoms with Crippen LogP contribution in [0.2, 0.25) is 0 Å². The van der Waals surface area contributed by atoms with Crippen molar-refractivity contribution in [3.63, 3.8) is 0 Å². The Morgan fingerprint density at radius 1 is 1.44 bits per heavy atom. The zero-order valence-corrected chi connectivity index (χ0v) is 10.1. The first-order chi connectivity index (χ1) is 7.53. The van der Waals surface area contributed by atoms with E-state index in [0.29, 0.717) is 17.6 Å². The molecule has 5 heteroatoms. The summed E-state index contributed by atoms with van der Waals surface area (Å²) in [4.78, 5) is 11.3. The Morgan fingerprint density at radius 2 is 1.94 bits per heavy atom. The number of aliphatic hydroxyl groups is 2. The monoisotopic (exact) mass is 231 g/mol. The fourth-order valence-corrected chi connectivity index (χ4v) is 1.80. The van der Waals surface area contributed by atoms with Gasteiger partial charge in [-0.25, -0.2) is 0 Å². The number of carbonyl (C=O) groups excluding carboxylic acids is 1. The molecule has 0 spiro atoms. The number of carbonyl (C=O) groups is 1. The van der Waals surface area contributed by atoms with E-state index in [1.165, 1.54) is 6.08 Å². The molecular weight excluding hydrogens is 208 g/mol. The van der Waals surface area contributed by atoms with E-state index in [1.54, 1.807) is 0 Å². The number of aliphatic hydroxyl groups excluding tert-OH is 2. The molecule has 1 amide bonds. The van der Waals surface area contributed by atoms with Gasteiger partial charge in [0.25, 0.3) is 0 Å². The highest BCUT2D eigenvalue weighted by molar-refractivity contribution is 5.86. The molecule has 0 bridgehead atoms. The molecule has 0 saturated carbocycles. The van der Waals surface area contributed by atoms with Gasteiger partial charge in [0.2, 0.25) is 5.91 Å². The van der Waals surface area contributed by atoms with Gasteiger partial charge in [-0.3, -0.25) is 4.79 Å². The number of likely N-dealkylation sites (N-methyl/N-ethyl adjacent to an activating group) is 1. The Bertz CT molecular complexity index is 225. The second-order valence-electron chi connectivity index (χ2n) is 4.01. The Kier molecular flexibility index (Phi) is 6.96. The molecule has 94 valence electrons. The van der Waals surface area contributed by atoms with Crippen molar-refractivity contribution in [3.8, 4) is 0 Å². The Hall–Kier alpha value is -0.910. The van der Waals surface area contributed by atoms with Crippen LogP contribution in [0.4, 0.5) is 0 Å². The molecule has 5 nitrogen and oxygen atoms in total. The summed E-state index contributed by atoms with van der Waals surface area (Å²) >= 11 is 0. The number of hydrogen-bond donors (Lipinski definition) is 3. The van der Waals surface area contributed by atoms with Crippen LogP contribution >= 0.6 is 0 Å². The summed E-state index contributed by atoms with van der Waals surface area (Å²) in [6, 6.07) is 0. The molecular formula is C11H23N2O3+. The van der Waals surface area contributed by atoms with Gasteiger partial charge < -0.3 is 20.0 Å². The third-order valence-corrected chi connectivity index (χ3v) is 2.86. The first-order valence-electron chi connectivity index (χ1n) is 5.53. The number of rotatable bonds is 8. The van der Waals surface area contributed by atoms with Crippen LogP contribution in [0.5, 0.6) is 0 Å². The zero-order chi connectivity index (χ0) is 12.6. The van der Waals surface area contributed by atoms with Crippen LogP contribution in [-0.4, -0.2) is 60.1 Å². The van der Waals surface area contributed by atoms with E-state index in [2.05, 4.69) is 11.9 Å². The minimum Gasteiger partial charge on any atom is -0.391 e. The Balaban J connectivity index is 4.68. The fraction of sp³-hybridized carbons (Fsp3) is 0.727. The molecule has 3 N–H and O–H groups in total. The van der Waals surface area contributed by atoms with E-state index in [0.717, 1.165) is 6.42 Å². The summed E-state index contributed by atoms with van der Waals surface area (Å²) in [7, 11) is 1.91. The quantitative estimate of drug-likeness (QED) is 0.298. The molecule has 0 aliphatic heterocycles. The molecule has 0 aromatic carbocycles. The van der Waals surface area contributed by atoms with Crippen molar-refractivity contribution >= 4 is 5.91 Å². The van der Waals surface area contributed by atoms with Gasteiger partial charge in [-0.2, -0.15) is 0 Å². The van der Waals surface area contributed by atoms with Crippen LogP contribution in [-0.2, 0) is 4.79 Å². The maximum atomic E-state index is 11.3. The van der Waals surface area contributed by atoms with E-state index >= 15 is 0 Å². The van der Waals surface area contributed by atoms with Crippen LogP contribution in [0.1, 0.15) is 13.3 Å². The lowest BCUT2D eigenvalue weighted by atomic mass is 10.2. The van der Waals surface area contributed by atoms with Crippen molar-refractivity contribution < 1.29 is 19.5 Å². The van der Waals surface area contributed by atoms with Crippen LogP contribution in [0.25, 0.3) is 0 Å². The van der Waals surface area contributed by atoms with E-state index < -0.39 is 0 Å². The third-order valence-electron chi connectivity index (χ3n) is 2.86. The topological polar surface area (TPSA) is 69.6 Å². The molecule has 16 heavy (non-hydrogen) atoms. The summed E-state index contributed by atoms with van der Waals surface area (Å²) in [6.45, 7) is 6.40. The molecule has 0 aromatic heterocycles. The van der Waals surface area contributed by atoms with Crippen molar-refractivity contribution in [2.45, 2.75) is 19.5 Å². The van der Waals surface area contributed by atoms with Crippen LogP contribution in [0.3, 0.4) is 0 Å². The number of amides is 1. The van der Waals surface area contributed by atoms with Gasteiger partial charge >= 0.3 is 0 Å². The van der Waals surface area contributed by atoms with E-state index in [4.69, 9.17) is 10.2 Å². The first kappa shape index (κ1) is 15.1. The van der Waals surface area contributed by atoms with Crippen molar-refractivity contribution in [1.82, 2.24) is 5.32 Å². The molecule has 0 rings (SSSR count). The molecule has 0 aromatic rings. The van der Waals surface area contributed by atoms with Gasteiger partial charge in [0, 0.05) is 6.42 Å². The summed E-state index contributed by atoms with van der Waals surface area (Å²) in [5, 5.41) is 20.9. The zero-order valence-electron chi connectivity index (χ0n) is 10.1. The predicted molar refractivity (Wildman–Crippen MR) is 62.5 cm³/mol. The normalized spacial score (nSPS) is 13.2. The van der Waals surface area contributed by atoms with Gasteiger partial charge in [-0.1, -0.05) is 13.5 Å².